The smallest absolute Gasteiger partial charge is 0.857 e. The Bertz CT molecular complexity index is 1140. The molecule has 0 saturated carbocycles. The molecule has 0 aliphatic heterocycles. The minimum atomic E-state index is 0. The second-order valence-electron chi connectivity index (χ2n) is 6.64. The fourth-order valence-electron chi connectivity index (χ4n) is 3.81. The quantitative estimate of drug-likeness (QED) is 0.273. The van der Waals surface area contributed by atoms with E-state index >= 15 is 0 Å². The van der Waals surface area contributed by atoms with Gasteiger partial charge in [-0.3, -0.25) is 0 Å². The van der Waals surface area contributed by atoms with Gasteiger partial charge in [-0.25, -0.2) is 0 Å². The Labute approximate surface area is 202 Å². The largest absolute Gasteiger partial charge is 4.00 e. The molecule has 152 valence electrons. The Balaban J connectivity index is 0.000000185. The van der Waals surface area contributed by atoms with Crippen molar-refractivity contribution in [1.29, 1.82) is 0 Å². The Kier molecular flexibility index (Phi) is 9.81. The number of fused-ring (bicyclic) bond motifs is 6. The van der Waals surface area contributed by atoms with E-state index in [2.05, 4.69) is 109 Å². The minimum absolute atomic E-state index is 0. The molecule has 0 atom stereocenters. The zero-order valence-electron chi connectivity index (χ0n) is 17.7. The van der Waals surface area contributed by atoms with Crippen molar-refractivity contribution < 1.29 is 36.4 Å². The molecule has 0 fully saturated rings. The zero-order valence-corrected chi connectivity index (χ0v) is 20.2. The third kappa shape index (κ3) is 5.38. The maximum absolute atomic E-state index is 8.25. The van der Waals surface area contributed by atoms with E-state index in [4.69, 9.17) is 10.2 Å². The van der Waals surface area contributed by atoms with Crippen molar-refractivity contribution in [2.24, 2.45) is 0 Å². The number of hydrogen-bond donors (Lipinski definition) is 0. The fraction of sp³-hybridized carbons (Fsp3) is 0.0714. The van der Waals surface area contributed by atoms with Crippen LogP contribution in [0.3, 0.4) is 0 Å². The monoisotopic (exact) mass is 482 g/mol. The van der Waals surface area contributed by atoms with Crippen LogP contribution >= 0.6 is 0 Å². The van der Waals surface area contributed by atoms with Gasteiger partial charge in [0.15, 0.2) is 0 Å². The molecule has 0 saturated heterocycles. The van der Waals surface area contributed by atoms with E-state index < -0.39 is 0 Å². The van der Waals surface area contributed by atoms with E-state index in [0.717, 1.165) is 14.2 Å². The van der Waals surface area contributed by atoms with Crippen molar-refractivity contribution >= 4 is 43.1 Å². The summed E-state index contributed by atoms with van der Waals surface area (Å²) in [6, 6.07) is 38.5. The molecular formula is C28H24O2Zr. The minimum Gasteiger partial charge on any atom is -0.857 e. The van der Waals surface area contributed by atoms with Gasteiger partial charge in [-0.2, -0.15) is 14.2 Å². The third-order valence-corrected chi connectivity index (χ3v) is 5.05. The van der Waals surface area contributed by atoms with Gasteiger partial charge in [0.05, 0.1) is 0 Å². The van der Waals surface area contributed by atoms with Crippen LogP contribution in [0, 0.1) is 0 Å². The molecule has 0 radical (unpaired) electrons. The predicted molar refractivity (Wildman–Crippen MR) is 126 cm³/mol. The summed E-state index contributed by atoms with van der Waals surface area (Å²) >= 11 is 0. The first-order valence-corrected chi connectivity index (χ1v) is 9.78. The molecule has 2 nitrogen and oxygen atoms in total. The summed E-state index contributed by atoms with van der Waals surface area (Å²) in [6.07, 6.45) is 0. The predicted octanol–water partition coefficient (Wildman–Crippen LogP) is 5.37. The van der Waals surface area contributed by atoms with Crippen LogP contribution < -0.4 is 10.2 Å². The Morgan fingerprint density at radius 3 is 0.806 bits per heavy atom. The van der Waals surface area contributed by atoms with Gasteiger partial charge in [-0.15, -0.1) is 79.5 Å². The first-order valence-electron chi connectivity index (χ1n) is 9.78. The number of hydrogen-bond acceptors (Lipinski definition) is 2. The molecular weight excluding hydrogens is 460 g/mol. The first kappa shape index (κ1) is 24.7. The summed E-state index contributed by atoms with van der Waals surface area (Å²) in [6.45, 7) is 0. The van der Waals surface area contributed by atoms with E-state index in [9.17, 15) is 0 Å². The van der Waals surface area contributed by atoms with Crippen molar-refractivity contribution in [1.82, 2.24) is 0 Å². The molecule has 0 unspecified atom stereocenters. The molecule has 0 heterocycles. The van der Waals surface area contributed by atoms with Crippen LogP contribution in [0.4, 0.5) is 0 Å². The van der Waals surface area contributed by atoms with E-state index in [1.54, 1.807) is 0 Å². The van der Waals surface area contributed by atoms with Crippen LogP contribution in [0.25, 0.3) is 43.1 Å². The van der Waals surface area contributed by atoms with Gasteiger partial charge < -0.3 is 10.2 Å². The molecule has 0 N–H and O–H groups in total. The maximum atomic E-state index is 8.25. The summed E-state index contributed by atoms with van der Waals surface area (Å²) < 4.78 is 0. The van der Waals surface area contributed by atoms with E-state index in [1.165, 1.54) is 43.1 Å². The standard InChI is InChI=1S/2C13H9.2CH3O.Zr/c2*1-3-7-12-10(5-1)9-11-6-2-4-8-13(11)12;2*1-2;/h2*1-9H;2*1H3;/q4*-1;+4. The van der Waals surface area contributed by atoms with Gasteiger partial charge in [0.25, 0.3) is 0 Å². The summed E-state index contributed by atoms with van der Waals surface area (Å²) in [5.74, 6) is 0. The maximum Gasteiger partial charge on any atom is 4.00 e. The van der Waals surface area contributed by atoms with Crippen molar-refractivity contribution in [3.63, 3.8) is 0 Å². The van der Waals surface area contributed by atoms with Gasteiger partial charge >= 0.3 is 26.2 Å². The SMILES string of the molecule is C[O-].C[O-].[Zr+4].c1ccc2c(c1)[cH-]c1ccccc12.c1ccc2c(c1)[cH-]c1ccccc12. The molecule has 31 heavy (non-hydrogen) atoms. The molecule has 0 spiro atoms. The van der Waals surface area contributed by atoms with Gasteiger partial charge in [0.2, 0.25) is 0 Å². The van der Waals surface area contributed by atoms with Crippen LogP contribution in [0.5, 0.6) is 0 Å². The van der Waals surface area contributed by atoms with Crippen LogP contribution in [0.2, 0.25) is 0 Å². The van der Waals surface area contributed by atoms with Crippen molar-refractivity contribution in [3.8, 4) is 0 Å². The molecule has 0 aliphatic rings. The van der Waals surface area contributed by atoms with E-state index in [-0.39, 0.29) is 26.2 Å². The summed E-state index contributed by atoms with van der Waals surface area (Å²) in [5.41, 5.74) is 0. The van der Waals surface area contributed by atoms with Crippen molar-refractivity contribution in [3.05, 3.63) is 109 Å². The van der Waals surface area contributed by atoms with Crippen LogP contribution in [-0.4, -0.2) is 14.2 Å². The Morgan fingerprint density at radius 1 is 0.387 bits per heavy atom. The molecule has 0 aromatic heterocycles. The van der Waals surface area contributed by atoms with Crippen LogP contribution in [0.15, 0.2) is 109 Å². The number of rotatable bonds is 0. The van der Waals surface area contributed by atoms with Gasteiger partial charge in [0, 0.05) is 0 Å². The van der Waals surface area contributed by atoms with Crippen LogP contribution in [-0.2, 0) is 26.2 Å². The van der Waals surface area contributed by atoms with Gasteiger partial charge in [-0.1, -0.05) is 72.8 Å². The molecule has 6 rings (SSSR count). The second-order valence-corrected chi connectivity index (χ2v) is 6.64. The van der Waals surface area contributed by atoms with E-state index in [1.807, 2.05) is 0 Å². The average molecular weight is 484 g/mol. The summed E-state index contributed by atoms with van der Waals surface area (Å²) in [5, 5.41) is 27.3. The topological polar surface area (TPSA) is 46.1 Å². The Morgan fingerprint density at radius 2 is 0.581 bits per heavy atom. The first-order chi connectivity index (χ1) is 14.9. The Hall–Kier alpha value is -2.58. The van der Waals surface area contributed by atoms with E-state index in [0.29, 0.717) is 0 Å². The number of benzene rings is 4. The third-order valence-electron chi connectivity index (χ3n) is 5.05. The second kappa shape index (κ2) is 12.3. The molecule has 6 aromatic rings. The van der Waals surface area contributed by atoms with Gasteiger partial charge in [0.1, 0.15) is 0 Å². The summed E-state index contributed by atoms with van der Waals surface area (Å²) in [4.78, 5) is 0. The average Bonchev–Trinajstić information content (AvgIpc) is 3.40. The molecule has 0 bridgehead atoms. The summed E-state index contributed by atoms with van der Waals surface area (Å²) in [7, 11) is 1.50. The molecule has 0 amide bonds. The van der Waals surface area contributed by atoms with Crippen molar-refractivity contribution in [2.45, 2.75) is 0 Å². The molecule has 0 aliphatic carbocycles. The van der Waals surface area contributed by atoms with Gasteiger partial charge in [-0.05, 0) is 0 Å². The molecule has 3 heteroatoms. The fourth-order valence-corrected chi connectivity index (χ4v) is 3.81. The van der Waals surface area contributed by atoms with Crippen LogP contribution in [0.1, 0.15) is 0 Å². The molecule has 6 aromatic carbocycles. The van der Waals surface area contributed by atoms with Crippen molar-refractivity contribution in [2.75, 3.05) is 14.2 Å². The zero-order chi connectivity index (χ0) is 21.3. The normalized spacial score (nSPS) is 9.68.